The van der Waals surface area contributed by atoms with Gasteiger partial charge in [-0.15, -0.1) is 0 Å². The average molecular weight is 473 g/mol. The van der Waals surface area contributed by atoms with Gasteiger partial charge < -0.3 is 14.8 Å². The highest BCUT2D eigenvalue weighted by Gasteiger charge is 2.13. The fourth-order valence-electron chi connectivity index (χ4n) is 3.73. The molecule has 0 aliphatic carbocycles. The Bertz CT molecular complexity index is 1300. The smallest absolute Gasteiger partial charge is 0.302 e. The summed E-state index contributed by atoms with van der Waals surface area (Å²) in [6, 6.07) is 17.0. The van der Waals surface area contributed by atoms with Crippen molar-refractivity contribution >= 4 is 22.9 Å². The Balaban J connectivity index is 1.46. The second-order valence-corrected chi connectivity index (χ2v) is 8.14. The van der Waals surface area contributed by atoms with E-state index in [-0.39, 0.29) is 18.0 Å². The number of fused-ring (bicyclic) bond motifs is 1. The summed E-state index contributed by atoms with van der Waals surface area (Å²) in [5, 5.41) is 2.91. The molecular weight excluding hydrogens is 444 g/mol. The normalized spacial score (nSPS) is 11.7. The standard InChI is InChI=1S/C27H28N4O4/c1-3-23(11-13-34-19(2)32)35-24-8-4-7-22(15-24)31-18-30-25-14-21(9-10-26(25)31)27(33)29-17-20-6-5-12-28-16-20/h4-10,12,14-16,18,23H,3,11,13,17H2,1-2H3,(H,29,33). The van der Waals surface area contributed by atoms with Gasteiger partial charge in [-0.3, -0.25) is 19.1 Å². The number of pyridine rings is 1. The van der Waals surface area contributed by atoms with Gasteiger partial charge in [-0.1, -0.05) is 19.1 Å². The van der Waals surface area contributed by atoms with Gasteiger partial charge in [0.05, 0.1) is 23.3 Å². The molecule has 2 heterocycles. The predicted octanol–water partition coefficient (Wildman–Crippen LogP) is 4.46. The number of aromatic nitrogens is 3. The first-order valence-corrected chi connectivity index (χ1v) is 11.6. The minimum Gasteiger partial charge on any atom is -0.490 e. The summed E-state index contributed by atoms with van der Waals surface area (Å²) in [5.41, 5.74) is 3.98. The van der Waals surface area contributed by atoms with Crippen molar-refractivity contribution in [1.82, 2.24) is 19.9 Å². The number of carbonyl (C=O) groups excluding carboxylic acids is 2. The number of benzene rings is 2. The number of nitrogens with one attached hydrogen (secondary N) is 1. The minimum absolute atomic E-state index is 0.0585. The molecular formula is C27H28N4O4. The Kier molecular flexibility index (Phi) is 7.72. The maximum Gasteiger partial charge on any atom is 0.302 e. The molecule has 8 heteroatoms. The van der Waals surface area contributed by atoms with Gasteiger partial charge >= 0.3 is 5.97 Å². The van der Waals surface area contributed by atoms with Gasteiger partial charge in [-0.05, 0) is 48.4 Å². The molecule has 180 valence electrons. The number of amides is 1. The molecule has 0 saturated carbocycles. The third-order valence-corrected chi connectivity index (χ3v) is 5.58. The maximum atomic E-state index is 12.6. The largest absolute Gasteiger partial charge is 0.490 e. The van der Waals surface area contributed by atoms with Crippen LogP contribution in [0.5, 0.6) is 5.75 Å². The Morgan fingerprint density at radius 2 is 2.00 bits per heavy atom. The summed E-state index contributed by atoms with van der Waals surface area (Å²) in [5.74, 6) is 0.272. The van der Waals surface area contributed by atoms with Crippen molar-refractivity contribution in [3.8, 4) is 11.4 Å². The van der Waals surface area contributed by atoms with Crippen LogP contribution >= 0.6 is 0 Å². The van der Waals surface area contributed by atoms with Crippen molar-refractivity contribution in [2.45, 2.75) is 39.3 Å². The third kappa shape index (κ3) is 6.23. The molecule has 8 nitrogen and oxygen atoms in total. The van der Waals surface area contributed by atoms with E-state index in [4.69, 9.17) is 9.47 Å². The molecule has 0 radical (unpaired) electrons. The molecule has 0 saturated heterocycles. The Morgan fingerprint density at radius 3 is 2.77 bits per heavy atom. The van der Waals surface area contributed by atoms with Gasteiger partial charge in [0.25, 0.3) is 5.91 Å². The zero-order chi connectivity index (χ0) is 24.6. The molecule has 1 unspecified atom stereocenters. The molecule has 4 aromatic rings. The van der Waals surface area contributed by atoms with Gasteiger partial charge in [-0.25, -0.2) is 4.98 Å². The number of hydrogen-bond donors (Lipinski definition) is 1. The number of nitrogens with zero attached hydrogens (tertiary/aromatic N) is 3. The lowest BCUT2D eigenvalue weighted by atomic mass is 10.1. The summed E-state index contributed by atoms with van der Waals surface area (Å²) in [6.45, 7) is 4.18. The van der Waals surface area contributed by atoms with E-state index >= 15 is 0 Å². The summed E-state index contributed by atoms with van der Waals surface area (Å²) in [6.07, 6.45) is 6.53. The fraction of sp³-hybridized carbons (Fsp3) is 0.259. The molecule has 2 aromatic heterocycles. The average Bonchev–Trinajstić information content (AvgIpc) is 3.30. The van der Waals surface area contributed by atoms with Crippen LogP contribution in [0.4, 0.5) is 0 Å². The lowest BCUT2D eigenvalue weighted by Gasteiger charge is -2.18. The van der Waals surface area contributed by atoms with Crippen LogP contribution in [0.1, 0.15) is 42.6 Å². The van der Waals surface area contributed by atoms with E-state index < -0.39 is 0 Å². The van der Waals surface area contributed by atoms with Gasteiger partial charge in [0, 0.05) is 43.9 Å². The van der Waals surface area contributed by atoms with Crippen LogP contribution < -0.4 is 10.1 Å². The molecule has 1 atom stereocenters. The molecule has 0 aliphatic rings. The van der Waals surface area contributed by atoms with Crippen LogP contribution in [-0.4, -0.2) is 39.1 Å². The second kappa shape index (κ2) is 11.3. The van der Waals surface area contributed by atoms with E-state index in [1.807, 2.05) is 54.0 Å². The van der Waals surface area contributed by atoms with Crippen molar-refractivity contribution < 1.29 is 19.1 Å². The highest BCUT2D eigenvalue weighted by atomic mass is 16.5. The quantitative estimate of drug-likeness (QED) is 0.343. The summed E-state index contributed by atoms with van der Waals surface area (Å²) < 4.78 is 13.1. The highest BCUT2D eigenvalue weighted by molar-refractivity contribution is 5.97. The second-order valence-electron chi connectivity index (χ2n) is 8.14. The van der Waals surface area contributed by atoms with Crippen LogP contribution in [0.15, 0.2) is 73.3 Å². The van der Waals surface area contributed by atoms with Crippen molar-refractivity contribution in [3.05, 3.63) is 84.4 Å². The summed E-state index contributed by atoms with van der Waals surface area (Å²) in [7, 11) is 0. The zero-order valence-electron chi connectivity index (χ0n) is 19.8. The van der Waals surface area contributed by atoms with Crippen LogP contribution in [0.25, 0.3) is 16.7 Å². The summed E-state index contributed by atoms with van der Waals surface area (Å²) in [4.78, 5) is 32.2. The number of hydrogen-bond acceptors (Lipinski definition) is 6. The fourth-order valence-corrected chi connectivity index (χ4v) is 3.73. The molecule has 1 amide bonds. The van der Waals surface area contributed by atoms with E-state index in [9.17, 15) is 9.59 Å². The van der Waals surface area contributed by atoms with Gasteiger partial charge in [0.1, 0.15) is 18.2 Å². The predicted molar refractivity (Wildman–Crippen MR) is 132 cm³/mol. The molecule has 2 aromatic carbocycles. The molecule has 0 fully saturated rings. The minimum atomic E-state index is -0.289. The first-order chi connectivity index (χ1) is 17.0. The number of carbonyl (C=O) groups is 2. The third-order valence-electron chi connectivity index (χ3n) is 5.58. The Labute approximate surface area is 203 Å². The molecule has 0 bridgehead atoms. The van der Waals surface area contributed by atoms with Crippen LogP contribution in [-0.2, 0) is 16.1 Å². The van der Waals surface area contributed by atoms with Gasteiger partial charge in [0.2, 0.25) is 0 Å². The number of ether oxygens (including phenoxy) is 2. The molecule has 0 spiro atoms. The maximum absolute atomic E-state index is 12.6. The number of esters is 1. The molecule has 35 heavy (non-hydrogen) atoms. The van der Waals surface area contributed by atoms with E-state index in [0.717, 1.165) is 34.5 Å². The molecule has 0 aliphatic heterocycles. The van der Waals surface area contributed by atoms with Crippen molar-refractivity contribution in [2.75, 3.05) is 6.61 Å². The Hall–Kier alpha value is -4.20. The van der Waals surface area contributed by atoms with Crippen LogP contribution in [0.3, 0.4) is 0 Å². The van der Waals surface area contributed by atoms with Crippen molar-refractivity contribution in [1.29, 1.82) is 0 Å². The van der Waals surface area contributed by atoms with Gasteiger partial charge in [0.15, 0.2) is 0 Å². The lowest BCUT2D eigenvalue weighted by molar-refractivity contribution is -0.141. The van der Waals surface area contributed by atoms with Crippen LogP contribution in [0.2, 0.25) is 0 Å². The van der Waals surface area contributed by atoms with Crippen molar-refractivity contribution in [2.24, 2.45) is 0 Å². The first-order valence-electron chi connectivity index (χ1n) is 11.6. The molecule has 1 N–H and O–H groups in total. The zero-order valence-corrected chi connectivity index (χ0v) is 19.8. The van der Waals surface area contributed by atoms with Gasteiger partial charge in [-0.2, -0.15) is 0 Å². The molecule has 4 rings (SSSR count). The monoisotopic (exact) mass is 472 g/mol. The number of rotatable bonds is 10. The van der Waals surface area contributed by atoms with E-state index in [1.54, 1.807) is 30.9 Å². The lowest BCUT2D eigenvalue weighted by Crippen LogP contribution is -2.22. The first kappa shape index (κ1) is 23.9. The Morgan fingerprint density at radius 1 is 1.11 bits per heavy atom. The van der Waals surface area contributed by atoms with Crippen LogP contribution in [0, 0.1) is 0 Å². The topological polar surface area (TPSA) is 95.3 Å². The van der Waals surface area contributed by atoms with E-state index in [2.05, 4.69) is 15.3 Å². The van der Waals surface area contributed by atoms with E-state index in [0.29, 0.717) is 25.1 Å². The van der Waals surface area contributed by atoms with Crippen molar-refractivity contribution in [3.63, 3.8) is 0 Å². The number of imidazole rings is 1. The van der Waals surface area contributed by atoms with E-state index in [1.165, 1.54) is 6.92 Å². The SMILES string of the molecule is CCC(CCOC(C)=O)Oc1cccc(-n2cnc3cc(C(=O)NCc4cccnc4)ccc32)c1. The summed E-state index contributed by atoms with van der Waals surface area (Å²) >= 11 is 0. The highest BCUT2D eigenvalue weighted by Crippen LogP contribution is 2.24.